The molecule has 1 aromatic heterocycles. The second-order valence-corrected chi connectivity index (χ2v) is 6.78. The van der Waals surface area contributed by atoms with Crippen LogP contribution in [-0.4, -0.2) is 10.2 Å². The van der Waals surface area contributed by atoms with E-state index >= 15 is 0 Å². The Morgan fingerprint density at radius 2 is 1.52 bits per heavy atom. The fraction of sp³-hybridized carbons (Fsp3) is 0. The third-order valence-electron chi connectivity index (χ3n) is 3.99. The number of hydrogen-bond donors (Lipinski definition) is 1. The first-order valence-corrected chi connectivity index (χ1v) is 9.26. The molecule has 3 aromatic carbocycles. The summed E-state index contributed by atoms with van der Waals surface area (Å²) in [6.45, 7) is 0. The molecule has 0 unspecified atom stereocenters. The van der Waals surface area contributed by atoms with E-state index in [1.807, 2.05) is 66.7 Å². The van der Waals surface area contributed by atoms with E-state index in [1.165, 1.54) is 5.56 Å². The smallest absolute Gasteiger partial charge is 0.320 e. The summed E-state index contributed by atoms with van der Waals surface area (Å²) >= 11 is 3.41. The van der Waals surface area contributed by atoms with Gasteiger partial charge in [0.2, 0.25) is 5.89 Å². The maximum absolute atomic E-state index is 5.65. The fourth-order valence-corrected chi connectivity index (χ4v) is 2.96. The first kappa shape index (κ1) is 17.2. The third kappa shape index (κ3) is 4.33. The Bertz CT molecular complexity index is 1060. The van der Waals surface area contributed by atoms with Gasteiger partial charge in [-0.1, -0.05) is 75.6 Å². The number of anilines is 2. The minimum absolute atomic E-state index is 0.355. The molecule has 0 bridgehead atoms. The Morgan fingerprint density at radius 1 is 0.778 bits per heavy atom. The van der Waals surface area contributed by atoms with Crippen molar-refractivity contribution in [1.29, 1.82) is 0 Å². The van der Waals surface area contributed by atoms with Crippen LogP contribution in [0.2, 0.25) is 0 Å². The van der Waals surface area contributed by atoms with Gasteiger partial charge in [-0.05, 0) is 47.0 Å². The molecule has 1 N–H and O–H groups in total. The lowest BCUT2D eigenvalue weighted by Gasteiger charge is -2.05. The maximum Gasteiger partial charge on any atom is 0.320 e. The van der Waals surface area contributed by atoms with E-state index in [9.17, 15) is 0 Å². The van der Waals surface area contributed by atoms with E-state index < -0.39 is 0 Å². The summed E-state index contributed by atoms with van der Waals surface area (Å²) in [5.74, 6) is 0.442. The Morgan fingerprint density at radius 3 is 2.33 bits per heavy atom. The first-order valence-electron chi connectivity index (χ1n) is 8.46. The predicted octanol–water partition coefficient (Wildman–Crippen LogP) is 6.41. The van der Waals surface area contributed by atoms with Crippen LogP contribution in [0.3, 0.4) is 0 Å². The van der Waals surface area contributed by atoms with Gasteiger partial charge in [0.05, 0.1) is 0 Å². The lowest BCUT2D eigenvalue weighted by atomic mass is 9.99. The highest BCUT2D eigenvalue weighted by molar-refractivity contribution is 9.10. The van der Waals surface area contributed by atoms with Crippen LogP contribution in [0.5, 0.6) is 0 Å². The van der Waals surface area contributed by atoms with Gasteiger partial charge in [-0.3, -0.25) is 0 Å². The summed E-state index contributed by atoms with van der Waals surface area (Å²) in [6.07, 6.45) is 3.81. The van der Waals surface area contributed by atoms with Crippen molar-refractivity contribution in [2.45, 2.75) is 0 Å². The van der Waals surface area contributed by atoms with Crippen molar-refractivity contribution in [2.24, 2.45) is 0 Å². The number of nitrogens with one attached hydrogen (secondary N) is 1. The van der Waals surface area contributed by atoms with Crippen LogP contribution < -0.4 is 5.32 Å². The number of nitrogens with zero attached hydrogens (tertiary/aromatic N) is 2. The fourth-order valence-electron chi connectivity index (χ4n) is 2.69. The van der Waals surface area contributed by atoms with Crippen LogP contribution in [0.15, 0.2) is 87.8 Å². The Hall–Kier alpha value is -3.18. The molecule has 0 fully saturated rings. The predicted molar refractivity (Wildman–Crippen MR) is 113 cm³/mol. The van der Waals surface area contributed by atoms with Crippen molar-refractivity contribution >= 4 is 39.8 Å². The summed E-state index contributed by atoms with van der Waals surface area (Å²) in [5, 5.41) is 11.2. The molecule has 0 saturated carbocycles. The van der Waals surface area contributed by atoms with Gasteiger partial charge < -0.3 is 9.73 Å². The summed E-state index contributed by atoms with van der Waals surface area (Å²) in [4.78, 5) is 0. The molecule has 5 heteroatoms. The highest BCUT2D eigenvalue weighted by Gasteiger charge is 2.05. The molecule has 4 rings (SSSR count). The third-order valence-corrected chi connectivity index (χ3v) is 4.52. The molecule has 0 amide bonds. The zero-order valence-corrected chi connectivity index (χ0v) is 15.9. The summed E-state index contributed by atoms with van der Waals surface area (Å²) in [6, 6.07) is 26.6. The normalized spacial score (nSPS) is 11.0. The molecular weight excluding hydrogens is 402 g/mol. The van der Waals surface area contributed by atoms with Gasteiger partial charge in [0.15, 0.2) is 0 Å². The van der Waals surface area contributed by atoms with Crippen LogP contribution in [0.1, 0.15) is 11.5 Å². The zero-order chi connectivity index (χ0) is 18.5. The first-order chi connectivity index (χ1) is 13.3. The average Bonchev–Trinajstić information content (AvgIpc) is 3.16. The number of halogens is 1. The van der Waals surface area contributed by atoms with E-state index in [2.05, 4.69) is 55.7 Å². The van der Waals surface area contributed by atoms with E-state index in [4.69, 9.17) is 4.42 Å². The quantitative estimate of drug-likeness (QED) is 0.407. The zero-order valence-electron chi connectivity index (χ0n) is 14.3. The van der Waals surface area contributed by atoms with Crippen molar-refractivity contribution in [3.63, 3.8) is 0 Å². The molecule has 0 aliphatic rings. The Balaban J connectivity index is 1.53. The highest BCUT2D eigenvalue weighted by Crippen LogP contribution is 2.25. The van der Waals surface area contributed by atoms with Gasteiger partial charge in [0.1, 0.15) is 0 Å². The van der Waals surface area contributed by atoms with Crippen LogP contribution in [0, 0.1) is 0 Å². The van der Waals surface area contributed by atoms with Crippen molar-refractivity contribution in [2.75, 3.05) is 5.32 Å². The molecule has 132 valence electrons. The topological polar surface area (TPSA) is 51.0 Å². The van der Waals surface area contributed by atoms with Gasteiger partial charge in [0.25, 0.3) is 0 Å². The van der Waals surface area contributed by atoms with Crippen molar-refractivity contribution in [3.8, 4) is 11.1 Å². The van der Waals surface area contributed by atoms with E-state index in [-0.39, 0.29) is 0 Å². The lowest BCUT2D eigenvalue weighted by molar-refractivity contribution is 0.561. The summed E-state index contributed by atoms with van der Waals surface area (Å²) in [5.41, 5.74) is 4.29. The van der Waals surface area contributed by atoms with Crippen molar-refractivity contribution in [1.82, 2.24) is 10.2 Å². The monoisotopic (exact) mass is 417 g/mol. The second-order valence-electron chi connectivity index (χ2n) is 5.86. The minimum Gasteiger partial charge on any atom is -0.404 e. The number of aromatic nitrogens is 2. The number of benzene rings is 3. The molecule has 27 heavy (non-hydrogen) atoms. The molecule has 4 nitrogen and oxygen atoms in total. The van der Waals surface area contributed by atoms with Gasteiger partial charge in [-0.25, -0.2) is 0 Å². The van der Waals surface area contributed by atoms with E-state index in [0.29, 0.717) is 11.9 Å². The molecule has 0 radical (unpaired) electrons. The van der Waals surface area contributed by atoms with Gasteiger partial charge >= 0.3 is 6.01 Å². The average molecular weight is 418 g/mol. The summed E-state index contributed by atoms with van der Waals surface area (Å²) < 4.78 is 6.67. The van der Waals surface area contributed by atoms with Crippen LogP contribution >= 0.6 is 15.9 Å². The standard InChI is InChI=1S/C22H16BrN3O/c23-18-11-13-19(14-12-18)24-22-26-25-21(27-22)15-10-17-8-4-5-9-20(17)16-6-2-1-3-7-16/h1-15H,(H,24,26)/b15-10+. The molecule has 0 aliphatic carbocycles. The molecule has 1 heterocycles. The van der Waals surface area contributed by atoms with Gasteiger partial charge in [-0.15, -0.1) is 5.10 Å². The Kier molecular flexibility index (Phi) is 5.12. The van der Waals surface area contributed by atoms with Crippen LogP contribution in [-0.2, 0) is 0 Å². The van der Waals surface area contributed by atoms with Crippen molar-refractivity contribution < 1.29 is 4.42 Å². The largest absolute Gasteiger partial charge is 0.404 e. The molecule has 0 atom stereocenters. The molecule has 0 spiro atoms. The molecule has 4 aromatic rings. The Labute approximate surface area is 165 Å². The molecule has 0 saturated heterocycles. The van der Waals surface area contributed by atoms with Crippen LogP contribution in [0.4, 0.5) is 11.7 Å². The molecular formula is C22H16BrN3O. The van der Waals surface area contributed by atoms with Gasteiger partial charge in [-0.2, -0.15) is 0 Å². The second kappa shape index (κ2) is 8.01. The molecule has 0 aliphatic heterocycles. The maximum atomic E-state index is 5.65. The van der Waals surface area contributed by atoms with Gasteiger partial charge in [0, 0.05) is 16.2 Å². The van der Waals surface area contributed by atoms with E-state index in [0.717, 1.165) is 21.3 Å². The number of hydrogen-bond acceptors (Lipinski definition) is 4. The SMILES string of the molecule is Brc1ccc(Nc2nnc(/C=C/c3ccccc3-c3ccccc3)o2)cc1. The van der Waals surface area contributed by atoms with Crippen LogP contribution in [0.25, 0.3) is 23.3 Å². The highest BCUT2D eigenvalue weighted by atomic mass is 79.9. The van der Waals surface area contributed by atoms with Crippen molar-refractivity contribution in [3.05, 3.63) is 94.8 Å². The van der Waals surface area contributed by atoms with E-state index in [1.54, 1.807) is 0 Å². The summed E-state index contributed by atoms with van der Waals surface area (Å²) in [7, 11) is 0. The number of rotatable bonds is 5. The minimum atomic E-state index is 0.355. The lowest BCUT2D eigenvalue weighted by Crippen LogP contribution is -1.89.